The Kier molecular flexibility index (Phi) is 5.02. The molecule has 5 heteroatoms. The molecule has 0 unspecified atom stereocenters. The van der Waals surface area contributed by atoms with E-state index >= 15 is 0 Å². The lowest BCUT2D eigenvalue weighted by atomic mass is 9.35. The molecule has 1 N–H and O–H groups in total. The molecule has 0 saturated heterocycles. The van der Waals surface area contributed by atoms with Crippen molar-refractivity contribution < 1.29 is 19.5 Å². The molecule has 0 aliphatic heterocycles. The lowest BCUT2D eigenvalue weighted by Crippen LogP contribution is -2.65. The molecular formula is C30H39NO4. The predicted molar refractivity (Wildman–Crippen MR) is 132 cm³/mol. The van der Waals surface area contributed by atoms with E-state index in [-0.39, 0.29) is 57.1 Å². The Hall–Kier alpha value is -2.22. The van der Waals surface area contributed by atoms with E-state index in [0.29, 0.717) is 19.3 Å². The third-order valence-electron chi connectivity index (χ3n) is 11.9. The van der Waals surface area contributed by atoms with Crippen LogP contribution in [0.3, 0.4) is 0 Å². The summed E-state index contributed by atoms with van der Waals surface area (Å²) < 4.78 is 0. The molecule has 0 radical (unpaired) electrons. The molecule has 0 bridgehead atoms. The number of fused-ring (bicyclic) bond motifs is 7. The summed E-state index contributed by atoms with van der Waals surface area (Å²) in [6.45, 7) is 13.0. The fraction of sp³-hybridized carbons (Fsp3) is 0.733. The molecule has 188 valence electrons. The largest absolute Gasteiger partial charge is 0.481 e. The molecule has 5 aliphatic rings. The van der Waals surface area contributed by atoms with Crippen LogP contribution in [0.15, 0.2) is 23.3 Å². The Labute approximate surface area is 209 Å². The maximum Gasteiger partial charge on any atom is 0.309 e. The van der Waals surface area contributed by atoms with Crippen LogP contribution in [0.5, 0.6) is 0 Å². The fourth-order valence-corrected chi connectivity index (χ4v) is 9.63. The fourth-order valence-electron chi connectivity index (χ4n) is 9.63. The van der Waals surface area contributed by atoms with Gasteiger partial charge >= 0.3 is 5.97 Å². The number of carbonyl (C=O) groups excluding carboxylic acids is 2. The van der Waals surface area contributed by atoms with Crippen LogP contribution in [0.2, 0.25) is 0 Å². The maximum absolute atomic E-state index is 14.2. The number of hydrogen-bond acceptors (Lipinski definition) is 4. The van der Waals surface area contributed by atoms with E-state index in [0.717, 1.165) is 31.3 Å². The van der Waals surface area contributed by atoms with E-state index in [1.807, 2.05) is 19.1 Å². The van der Waals surface area contributed by atoms with Gasteiger partial charge in [-0.05, 0) is 79.1 Å². The number of rotatable bonds is 1. The summed E-state index contributed by atoms with van der Waals surface area (Å²) in [6, 6.07) is 2.13. The number of aliphatic carboxylic acids is 1. The molecule has 0 aromatic heterocycles. The van der Waals surface area contributed by atoms with Crippen LogP contribution in [0, 0.1) is 62.1 Å². The highest BCUT2D eigenvalue weighted by Gasteiger charge is 2.70. The lowest BCUT2D eigenvalue weighted by molar-refractivity contribution is -0.188. The first-order valence-electron chi connectivity index (χ1n) is 13.3. The van der Waals surface area contributed by atoms with Crippen LogP contribution in [0.25, 0.3) is 0 Å². The summed E-state index contributed by atoms with van der Waals surface area (Å²) in [4.78, 5) is 39.7. The highest BCUT2D eigenvalue weighted by molar-refractivity contribution is 6.02. The van der Waals surface area contributed by atoms with E-state index in [2.05, 4.69) is 40.7 Å². The number of carbonyl (C=O) groups is 3. The summed E-state index contributed by atoms with van der Waals surface area (Å²) in [5.41, 5.74) is -0.705. The SMILES string of the molecule is C[C@@H]1C(=O)C(C#N)=C[C@]2(C)C3=CC(=O)[C@@H]4[C@@H]5CC(C)(C)CC[C@]5(C(=O)O)CC[C@@]4(C)[C@]3(C)CC[C@@H]12. The van der Waals surface area contributed by atoms with Crippen molar-refractivity contribution in [3.05, 3.63) is 23.3 Å². The molecule has 0 spiro atoms. The zero-order valence-electron chi connectivity index (χ0n) is 22.0. The van der Waals surface area contributed by atoms with Crippen molar-refractivity contribution in [1.29, 1.82) is 5.26 Å². The van der Waals surface area contributed by atoms with Crippen LogP contribution < -0.4 is 0 Å². The average Bonchev–Trinajstić information content (AvgIpc) is 2.77. The summed E-state index contributed by atoms with van der Waals surface area (Å²) in [5, 5.41) is 20.2. The van der Waals surface area contributed by atoms with E-state index in [4.69, 9.17) is 0 Å². The van der Waals surface area contributed by atoms with Gasteiger partial charge in [0.05, 0.1) is 11.0 Å². The molecule has 3 fully saturated rings. The molecule has 5 aliphatic carbocycles. The second-order valence-corrected chi connectivity index (χ2v) is 13.9. The zero-order chi connectivity index (χ0) is 25.8. The van der Waals surface area contributed by atoms with E-state index in [1.54, 1.807) is 0 Å². The van der Waals surface area contributed by atoms with E-state index in [9.17, 15) is 24.8 Å². The number of nitriles is 1. The van der Waals surface area contributed by atoms with Gasteiger partial charge < -0.3 is 5.11 Å². The molecule has 8 atom stereocenters. The molecular weight excluding hydrogens is 438 g/mol. The third kappa shape index (κ3) is 2.89. The number of nitrogens with zero attached hydrogens (tertiary/aromatic N) is 1. The van der Waals surface area contributed by atoms with Gasteiger partial charge in [-0.1, -0.05) is 53.2 Å². The van der Waals surface area contributed by atoms with E-state index in [1.165, 1.54) is 0 Å². The zero-order valence-corrected chi connectivity index (χ0v) is 22.0. The molecule has 35 heavy (non-hydrogen) atoms. The van der Waals surface area contributed by atoms with Gasteiger partial charge in [0.2, 0.25) is 0 Å². The van der Waals surface area contributed by atoms with Gasteiger partial charge in [-0.25, -0.2) is 0 Å². The van der Waals surface area contributed by atoms with Gasteiger partial charge in [-0.3, -0.25) is 14.4 Å². The molecule has 5 rings (SSSR count). The maximum atomic E-state index is 14.2. The minimum atomic E-state index is -0.822. The number of allylic oxidation sites excluding steroid dienone is 4. The second-order valence-electron chi connectivity index (χ2n) is 13.9. The lowest BCUT2D eigenvalue weighted by Gasteiger charge is -2.68. The minimum absolute atomic E-state index is 0.0142. The summed E-state index contributed by atoms with van der Waals surface area (Å²) >= 11 is 0. The van der Waals surface area contributed by atoms with Crippen LogP contribution >= 0.6 is 0 Å². The minimum Gasteiger partial charge on any atom is -0.481 e. The third-order valence-corrected chi connectivity index (χ3v) is 11.9. The molecule has 0 aromatic carbocycles. The topological polar surface area (TPSA) is 95.2 Å². The second kappa shape index (κ2) is 7.17. The monoisotopic (exact) mass is 477 g/mol. The van der Waals surface area contributed by atoms with Crippen molar-refractivity contribution in [2.75, 3.05) is 0 Å². The Morgan fingerprint density at radius 3 is 2.31 bits per heavy atom. The first-order valence-corrected chi connectivity index (χ1v) is 13.3. The normalized spacial score (nSPS) is 48.3. The smallest absolute Gasteiger partial charge is 0.309 e. The summed E-state index contributed by atoms with van der Waals surface area (Å²) in [7, 11) is 0. The average molecular weight is 478 g/mol. The Balaban J connectivity index is 1.70. The van der Waals surface area contributed by atoms with Crippen molar-refractivity contribution in [1.82, 2.24) is 0 Å². The molecule has 5 nitrogen and oxygen atoms in total. The number of carboxylic acids is 1. The van der Waals surface area contributed by atoms with Crippen molar-refractivity contribution in [2.24, 2.45) is 50.7 Å². The number of ketones is 2. The first kappa shape index (κ1) is 24.5. The highest BCUT2D eigenvalue weighted by Crippen LogP contribution is 2.73. The molecule has 0 aromatic rings. The number of hydrogen-bond donors (Lipinski definition) is 1. The first-order chi connectivity index (χ1) is 16.2. The van der Waals surface area contributed by atoms with Gasteiger partial charge in [-0.15, -0.1) is 0 Å². The summed E-state index contributed by atoms with van der Waals surface area (Å²) in [6.07, 6.45) is 9.03. The Morgan fingerprint density at radius 2 is 1.69 bits per heavy atom. The van der Waals surface area contributed by atoms with Gasteiger partial charge in [-0.2, -0.15) is 5.26 Å². The quantitative estimate of drug-likeness (QED) is 0.507. The van der Waals surface area contributed by atoms with Crippen LogP contribution in [0.4, 0.5) is 0 Å². The van der Waals surface area contributed by atoms with Crippen molar-refractivity contribution in [3.63, 3.8) is 0 Å². The van der Waals surface area contributed by atoms with Gasteiger partial charge in [0.1, 0.15) is 6.07 Å². The van der Waals surface area contributed by atoms with Crippen LogP contribution in [-0.4, -0.2) is 22.6 Å². The Bertz CT molecular complexity index is 1140. The van der Waals surface area contributed by atoms with E-state index < -0.39 is 16.8 Å². The van der Waals surface area contributed by atoms with Crippen molar-refractivity contribution >= 4 is 17.5 Å². The number of Topliss-reactive ketones (excluding diaryl/α,β-unsaturated/α-hetero) is 1. The van der Waals surface area contributed by atoms with Crippen LogP contribution in [-0.2, 0) is 14.4 Å². The highest BCUT2D eigenvalue weighted by atomic mass is 16.4. The van der Waals surface area contributed by atoms with Gasteiger partial charge in [0.25, 0.3) is 0 Å². The molecule has 3 saturated carbocycles. The standard InChI is InChI=1S/C30H39NO4/c1-17-19-7-8-28(5)22(27(19,4)14-18(16-31)24(17)33)13-21(32)23-20-15-26(2,3)9-11-30(20,25(34)35)12-10-29(23,28)6/h13-14,17,19-20,23H,7-12,15H2,1-6H3,(H,34,35)/t17-,19-,20-,23-,27-,28+,29+,30-/m0/s1. The van der Waals surface area contributed by atoms with Crippen LogP contribution in [0.1, 0.15) is 86.5 Å². The predicted octanol–water partition coefficient (Wildman–Crippen LogP) is 5.90. The molecule has 0 heterocycles. The number of carboxylic acid groups (broad SMARTS) is 1. The molecule has 0 amide bonds. The van der Waals surface area contributed by atoms with Gasteiger partial charge in [0.15, 0.2) is 11.6 Å². The van der Waals surface area contributed by atoms with Crippen molar-refractivity contribution in [3.8, 4) is 6.07 Å². The van der Waals surface area contributed by atoms with Crippen molar-refractivity contribution in [2.45, 2.75) is 86.5 Å². The van der Waals surface area contributed by atoms with Gasteiger partial charge in [0, 0.05) is 17.3 Å². The summed E-state index contributed by atoms with van der Waals surface area (Å²) in [5.74, 6) is -1.43. The Morgan fingerprint density at radius 1 is 1.03 bits per heavy atom.